The molecule has 0 N–H and O–H groups in total. The van der Waals surface area contributed by atoms with Gasteiger partial charge < -0.3 is 0 Å². The van der Waals surface area contributed by atoms with E-state index in [1.165, 1.54) is 67.2 Å². The van der Waals surface area contributed by atoms with Crippen LogP contribution in [0.1, 0.15) is 80.0 Å². The molecule has 3 aromatic rings. The van der Waals surface area contributed by atoms with Gasteiger partial charge in [0, 0.05) is 11.1 Å². The van der Waals surface area contributed by atoms with E-state index in [1.807, 2.05) is 0 Å². The third kappa shape index (κ3) is 6.49. The highest BCUT2D eigenvalue weighted by molar-refractivity contribution is 5.65. The monoisotopic (exact) mass is 432 g/mol. The van der Waals surface area contributed by atoms with Crippen molar-refractivity contribution >= 4 is 0 Å². The molecule has 168 valence electrons. The normalized spacial score (nSPS) is 17.7. The molecule has 0 heteroatoms. The topological polar surface area (TPSA) is 0 Å². The Balaban J connectivity index is 1.35. The lowest BCUT2D eigenvalue weighted by molar-refractivity contribution is 0.312. The molecule has 0 saturated heterocycles. The van der Waals surface area contributed by atoms with Gasteiger partial charge in [-0.05, 0) is 103 Å². The average molecular weight is 433 g/mol. The van der Waals surface area contributed by atoms with E-state index in [9.17, 15) is 0 Å². The molecule has 0 aromatic heterocycles. The van der Waals surface area contributed by atoms with E-state index in [0.29, 0.717) is 0 Å². The van der Waals surface area contributed by atoms with Crippen LogP contribution in [0.3, 0.4) is 0 Å². The first-order chi connectivity index (χ1) is 16.2. The molecular weight excluding hydrogens is 396 g/mol. The standard InChI is InChI=1S/C33H36/c1-3-5-7-27-14-18-30(19-15-27)32-22-24-33(25-23-32)31-20-16-29(17-21-31)13-12-28-10-8-26(6-4-2)9-11-28/h3,8-11,16-17,20-25,27,30H,1,4-7,14-15,18-19H2,2H3. The van der Waals surface area contributed by atoms with Crippen LogP contribution in [0.4, 0.5) is 0 Å². The molecule has 33 heavy (non-hydrogen) atoms. The Morgan fingerprint density at radius 2 is 1.30 bits per heavy atom. The molecule has 3 aromatic carbocycles. The molecule has 0 heterocycles. The molecule has 0 amide bonds. The van der Waals surface area contributed by atoms with E-state index in [-0.39, 0.29) is 0 Å². The quantitative estimate of drug-likeness (QED) is 0.258. The predicted octanol–water partition coefficient (Wildman–Crippen LogP) is 8.95. The summed E-state index contributed by atoms with van der Waals surface area (Å²) in [5, 5.41) is 0. The summed E-state index contributed by atoms with van der Waals surface area (Å²) in [5.41, 5.74) is 7.56. The van der Waals surface area contributed by atoms with Gasteiger partial charge in [-0.2, -0.15) is 0 Å². The third-order valence-electron chi connectivity index (χ3n) is 7.07. The highest BCUT2D eigenvalue weighted by atomic mass is 14.3. The molecule has 1 aliphatic carbocycles. The summed E-state index contributed by atoms with van der Waals surface area (Å²) < 4.78 is 0. The van der Waals surface area contributed by atoms with Crippen LogP contribution in [0.25, 0.3) is 11.1 Å². The Morgan fingerprint density at radius 1 is 0.758 bits per heavy atom. The first kappa shape index (κ1) is 23.1. The molecular formula is C33H36. The summed E-state index contributed by atoms with van der Waals surface area (Å²) in [6.07, 6.45) is 12.3. The molecule has 0 spiro atoms. The van der Waals surface area contributed by atoms with Gasteiger partial charge in [-0.25, -0.2) is 0 Å². The Hall–Kier alpha value is -3.04. The van der Waals surface area contributed by atoms with Crippen LogP contribution in [0.15, 0.2) is 85.5 Å². The predicted molar refractivity (Wildman–Crippen MR) is 142 cm³/mol. The van der Waals surface area contributed by atoms with Gasteiger partial charge in [0.05, 0.1) is 0 Å². The Kier molecular flexibility index (Phi) is 8.21. The SMILES string of the molecule is C=CCCC1CCC(c2ccc(-c3ccc(C#Cc4ccc(CCC)cc4)cc3)cc2)CC1. The second kappa shape index (κ2) is 11.7. The van der Waals surface area contributed by atoms with Crippen molar-refractivity contribution in [1.29, 1.82) is 0 Å². The molecule has 1 saturated carbocycles. The molecule has 0 atom stereocenters. The van der Waals surface area contributed by atoms with Gasteiger partial charge in [-0.1, -0.05) is 79.8 Å². The van der Waals surface area contributed by atoms with E-state index >= 15 is 0 Å². The number of benzene rings is 3. The smallest absolute Gasteiger partial charge is 0.0249 e. The van der Waals surface area contributed by atoms with Crippen molar-refractivity contribution in [3.8, 4) is 23.0 Å². The fourth-order valence-electron chi connectivity index (χ4n) is 5.02. The van der Waals surface area contributed by atoms with E-state index in [1.54, 1.807) is 0 Å². The van der Waals surface area contributed by atoms with Crippen LogP contribution in [0.2, 0.25) is 0 Å². The van der Waals surface area contributed by atoms with Crippen LogP contribution in [-0.2, 0) is 6.42 Å². The third-order valence-corrected chi connectivity index (χ3v) is 7.07. The van der Waals surface area contributed by atoms with Crippen LogP contribution >= 0.6 is 0 Å². The maximum absolute atomic E-state index is 3.87. The van der Waals surface area contributed by atoms with Crippen LogP contribution < -0.4 is 0 Å². The van der Waals surface area contributed by atoms with Gasteiger partial charge in [0.25, 0.3) is 0 Å². The van der Waals surface area contributed by atoms with Gasteiger partial charge in [0.15, 0.2) is 0 Å². The minimum atomic E-state index is 0.729. The molecule has 1 fully saturated rings. The summed E-state index contributed by atoms with van der Waals surface area (Å²) in [6.45, 7) is 6.08. The number of hydrogen-bond donors (Lipinski definition) is 0. The second-order valence-electron chi connectivity index (χ2n) is 9.48. The number of hydrogen-bond acceptors (Lipinski definition) is 0. The summed E-state index contributed by atoms with van der Waals surface area (Å²) in [4.78, 5) is 0. The number of aryl methyl sites for hydroxylation is 1. The lowest BCUT2D eigenvalue weighted by Gasteiger charge is -2.28. The Labute approximate surface area is 200 Å². The highest BCUT2D eigenvalue weighted by Crippen LogP contribution is 2.38. The Bertz CT molecular complexity index is 1060. The molecule has 1 aliphatic rings. The van der Waals surface area contributed by atoms with Gasteiger partial charge in [0.2, 0.25) is 0 Å². The summed E-state index contributed by atoms with van der Waals surface area (Å²) in [7, 11) is 0. The number of rotatable bonds is 7. The van der Waals surface area contributed by atoms with Crippen molar-refractivity contribution < 1.29 is 0 Å². The van der Waals surface area contributed by atoms with Gasteiger partial charge in [-0.3, -0.25) is 0 Å². The lowest BCUT2D eigenvalue weighted by Crippen LogP contribution is -2.13. The highest BCUT2D eigenvalue weighted by Gasteiger charge is 2.21. The van der Waals surface area contributed by atoms with Crippen molar-refractivity contribution in [2.75, 3.05) is 0 Å². The zero-order valence-electron chi connectivity index (χ0n) is 20.0. The van der Waals surface area contributed by atoms with Crippen molar-refractivity contribution in [3.05, 3.63) is 108 Å². The van der Waals surface area contributed by atoms with Crippen LogP contribution in [-0.4, -0.2) is 0 Å². The summed E-state index contributed by atoms with van der Waals surface area (Å²) in [6, 6.07) is 26.5. The van der Waals surface area contributed by atoms with Crippen molar-refractivity contribution in [1.82, 2.24) is 0 Å². The van der Waals surface area contributed by atoms with E-state index in [4.69, 9.17) is 0 Å². The first-order valence-electron chi connectivity index (χ1n) is 12.7. The van der Waals surface area contributed by atoms with Gasteiger partial charge >= 0.3 is 0 Å². The average Bonchev–Trinajstić information content (AvgIpc) is 2.88. The van der Waals surface area contributed by atoms with Crippen LogP contribution in [0.5, 0.6) is 0 Å². The summed E-state index contributed by atoms with van der Waals surface area (Å²) in [5.74, 6) is 8.23. The second-order valence-corrected chi connectivity index (χ2v) is 9.48. The zero-order chi connectivity index (χ0) is 22.9. The van der Waals surface area contributed by atoms with E-state index in [2.05, 4.69) is 104 Å². The lowest BCUT2D eigenvalue weighted by atomic mass is 9.77. The van der Waals surface area contributed by atoms with E-state index in [0.717, 1.165) is 29.4 Å². The number of allylic oxidation sites excluding steroid dienone is 1. The molecule has 0 unspecified atom stereocenters. The maximum Gasteiger partial charge on any atom is 0.0249 e. The van der Waals surface area contributed by atoms with E-state index < -0.39 is 0 Å². The van der Waals surface area contributed by atoms with Crippen molar-refractivity contribution in [2.45, 2.75) is 64.2 Å². The molecule has 0 bridgehead atoms. The van der Waals surface area contributed by atoms with Gasteiger partial charge in [0.1, 0.15) is 0 Å². The molecule has 0 aliphatic heterocycles. The minimum absolute atomic E-state index is 0.729. The molecule has 0 nitrogen and oxygen atoms in total. The minimum Gasteiger partial charge on any atom is -0.103 e. The molecule has 4 rings (SSSR count). The van der Waals surface area contributed by atoms with Crippen molar-refractivity contribution in [3.63, 3.8) is 0 Å². The fraction of sp³-hybridized carbons (Fsp3) is 0.333. The Morgan fingerprint density at radius 3 is 1.85 bits per heavy atom. The van der Waals surface area contributed by atoms with Crippen molar-refractivity contribution in [2.24, 2.45) is 5.92 Å². The first-order valence-corrected chi connectivity index (χ1v) is 12.7. The zero-order valence-corrected chi connectivity index (χ0v) is 20.0. The van der Waals surface area contributed by atoms with Gasteiger partial charge in [-0.15, -0.1) is 6.58 Å². The molecule has 0 radical (unpaired) electrons. The van der Waals surface area contributed by atoms with Crippen LogP contribution in [0, 0.1) is 17.8 Å². The maximum atomic E-state index is 3.87. The largest absolute Gasteiger partial charge is 0.103 e. The fourth-order valence-corrected chi connectivity index (χ4v) is 5.02. The summed E-state index contributed by atoms with van der Waals surface area (Å²) >= 11 is 0.